The topological polar surface area (TPSA) is 119 Å². The number of hydrogen-bond donors (Lipinski definition) is 1. The summed E-state index contributed by atoms with van der Waals surface area (Å²) in [6.45, 7) is 2.12. The molecule has 1 aliphatic heterocycles. The molecule has 150 valence electrons. The molecule has 0 bridgehead atoms. The monoisotopic (exact) mass is 397 g/mol. The molecule has 1 heterocycles. The molecule has 29 heavy (non-hydrogen) atoms. The number of carbonyl (C=O) groups excluding carboxylic acids is 3. The van der Waals surface area contributed by atoms with Crippen LogP contribution in [0.25, 0.3) is 0 Å². The fourth-order valence-corrected chi connectivity index (χ4v) is 3.06. The first-order valence-electron chi connectivity index (χ1n) is 9.02. The third kappa shape index (κ3) is 4.57. The van der Waals surface area contributed by atoms with Crippen LogP contribution in [0.5, 0.6) is 0 Å². The van der Waals surface area contributed by atoms with Crippen LogP contribution >= 0.6 is 0 Å². The van der Waals surface area contributed by atoms with Gasteiger partial charge in [0, 0.05) is 30.8 Å². The maximum absolute atomic E-state index is 12.5. The zero-order chi connectivity index (χ0) is 21.0. The van der Waals surface area contributed by atoms with Gasteiger partial charge in [0.15, 0.2) is 0 Å². The van der Waals surface area contributed by atoms with Gasteiger partial charge in [-0.2, -0.15) is 0 Å². The molecule has 2 amide bonds. The van der Waals surface area contributed by atoms with E-state index in [-0.39, 0.29) is 37.1 Å². The molecular weight excluding hydrogens is 378 g/mol. The SMILES string of the molecule is CCOC(=O)c1ccc(NC(=O)[C@H]2CC(=O)N(c3cccc([N+](=O)[O-])c3)C2)cc1. The number of amides is 2. The van der Waals surface area contributed by atoms with E-state index in [9.17, 15) is 24.5 Å². The normalized spacial score (nSPS) is 15.8. The van der Waals surface area contributed by atoms with Crippen molar-refractivity contribution in [3.8, 4) is 0 Å². The predicted molar refractivity (Wildman–Crippen MR) is 105 cm³/mol. The number of nitrogens with one attached hydrogen (secondary N) is 1. The number of esters is 1. The maximum Gasteiger partial charge on any atom is 0.338 e. The second-order valence-corrected chi connectivity index (χ2v) is 6.47. The minimum atomic E-state index is -0.591. The van der Waals surface area contributed by atoms with Crippen LogP contribution in [-0.4, -0.2) is 35.9 Å². The molecule has 1 atom stereocenters. The van der Waals surface area contributed by atoms with Crippen LogP contribution in [0.15, 0.2) is 48.5 Å². The molecule has 0 spiro atoms. The Balaban J connectivity index is 1.65. The number of hydrogen-bond acceptors (Lipinski definition) is 6. The standard InChI is InChI=1S/C20H19N3O6/c1-2-29-20(26)13-6-8-15(9-7-13)21-19(25)14-10-18(24)22(12-14)16-4-3-5-17(11-16)23(27)28/h3-9,11,14H,2,10,12H2,1H3,(H,21,25)/t14-/m0/s1. The Morgan fingerprint density at radius 3 is 2.62 bits per heavy atom. The van der Waals surface area contributed by atoms with E-state index in [1.54, 1.807) is 37.3 Å². The molecule has 9 nitrogen and oxygen atoms in total. The Morgan fingerprint density at radius 2 is 1.97 bits per heavy atom. The quantitative estimate of drug-likeness (QED) is 0.455. The van der Waals surface area contributed by atoms with Gasteiger partial charge in [-0.3, -0.25) is 19.7 Å². The fraction of sp³-hybridized carbons (Fsp3) is 0.250. The van der Waals surface area contributed by atoms with Crippen LogP contribution < -0.4 is 10.2 Å². The molecule has 2 aromatic carbocycles. The minimum Gasteiger partial charge on any atom is -0.462 e. The van der Waals surface area contributed by atoms with Gasteiger partial charge in [0.25, 0.3) is 5.69 Å². The number of anilines is 2. The van der Waals surface area contributed by atoms with Crippen molar-refractivity contribution < 1.29 is 24.0 Å². The van der Waals surface area contributed by atoms with E-state index in [2.05, 4.69) is 5.32 Å². The largest absolute Gasteiger partial charge is 0.462 e. The molecule has 3 rings (SSSR count). The fourth-order valence-electron chi connectivity index (χ4n) is 3.06. The summed E-state index contributed by atoms with van der Waals surface area (Å²) < 4.78 is 4.91. The first kappa shape index (κ1) is 20.0. The van der Waals surface area contributed by atoms with Crippen molar-refractivity contribution in [1.82, 2.24) is 0 Å². The van der Waals surface area contributed by atoms with Crippen LogP contribution in [0.4, 0.5) is 17.1 Å². The Labute approximate surface area is 166 Å². The van der Waals surface area contributed by atoms with Crippen LogP contribution in [0.2, 0.25) is 0 Å². The molecule has 1 aliphatic rings. The zero-order valence-corrected chi connectivity index (χ0v) is 15.7. The van der Waals surface area contributed by atoms with Gasteiger partial charge in [-0.1, -0.05) is 6.07 Å². The van der Waals surface area contributed by atoms with Gasteiger partial charge < -0.3 is 15.0 Å². The lowest BCUT2D eigenvalue weighted by atomic mass is 10.1. The summed E-state index contributed by atoms with van der Waals surface area (Å²) in [5.41, 5.74) is 1.13. The molecule has 0 radical (unpaired) electrons. The molecule has 0 aliphatic carbocycles. The molecule has 2 aromatic rings. The van der Waals surface area contributed by atoms with Crippen LogP contribution in [0.3, 0.4) is 0 Å². The molecule has 0 unspecified atom stereocenters. The summed E-state index contributed by atoms with van der Waals surface area (Å²) in [6, 6.07) is 12.0. The van der Waals surface area contributed by atoms with Gasteiger partial charge in [-0.05, 0) is 37.3 Å². The first-order chi connectivity index (χ1) is 13.9. The van der Waals surface area contributed by atoms with E-state index in [1.165, 1.54) is 23.1 Å². The number of benzene rings is 2. The lowest BCUT2D eigenvalue weighted by Crippen LogP contribution is -2.28. The molecule has 1 saturated heterocycles. The van der Waals surface area contributed by atoms with E-state index in [4.69, 9.17) is 4.74 Å². The number of non-ortho nitro benzene ring substituents is 1. The highest BCUT2D eigenvalue weighted by Crippen LogP contribution is 2.28. The Morgan fingerprint density at radius 1 is 1.24 bits per heavy atom. The number of carbonyl (C=O) groups is 3. The molecular formula is C20H19N3O6. The van der Waals surface area contributed by atoms with Crippen LogP contribution in [-0.2, 0) is 14.3 Å². The van der Waals surface area contributed by atoms with Gasteiger partial charge >= 0.3 is 5.97 Å². The summed E-state index contributed by atoms with van der Waals surface area (Å²) in [4.78, 5) is 48.3. The molecule has 0 aromatic heterocycles. The van der Waals surface area contributed by atoms with Crippen LogP contribution in [0, 0.1) is 16.0 Å². The van der Waals surface area contributed by atoms with Crippen LogP contribution in [0.1, 0.15) is 23.7 Å². The third-order valence-corrected chi connectivity index (χ3v) is 4.51. The van der Waals surface area contributed by atoms with E-state index in [1.807, 2.05) is 0 Å². The lowest BCUT2D eigenvalue weighted by Gasteiger charge is -2.16. The lowest BCUT2D eigenvalue weighted by molar-refractivity contribution is -0.384. The smallest absolute Gasteiger partial charge is 0.338 e. The first-order valence-corrected chi connectivity index (χ1v) is 9.02. The van der Waals surface area contributed by atoms with Gasteiger partial charge in [-0.25, -0.2) is 4.79 Å². The Bertz CT molecular complexity index is 957. The van der Waals surface area contributed by atoms with Crippen molar-refractivity contribution >= 4 is 34.8 Å². The highest BCUT2D eigenvalue weighted by molar-refractivity contribution is 6.03. The maximum atomic E-state index is 12.5. The minimum absolute atomic E-state index is 0.00936. The zero-order valence-electron chi connectivity index (χ0n) is 15.7. The third-order valence-electron chi connectivity index (χ3n) is 4.51. The number of rotatable bonds is 6. The van der Waals surface area contributed by atoms with Gasteiger partial charge in [0.2, 0.25) is 11.8 Å². The van der Waals surface area contributed by atoms with Gasteiger partial charge in [-0.15, -0.1) is 0 Å². The van der Waals surface area contributed by atoms with E-state index in [0.29, 0.717) is 16.9 Å². The number of nitrogens with zero attached hydrogens (tertiary/aromatic N) is 2. The highest BCUT2D eigenvalue weighted by Gasteiger charge is 2.35. The van der Waals surface area contributed by atoms with E-state index in [0.717, 1.165) is 0 Å². The highest BCUT2D eigenvalue weighted by atomic mass is 16.6. The van der Waals surface area contributed by atoms with Crippen molar-refractivity contribution in [2.45, 2.75) is 13.3 Å². The van der Waals surface area contributed by atoms with Crippen molar-refractivity contribution in [2.75, 3.05) is 23.4 Å². The van der Waals surface area contributed by atoms with E-state index >= 15 is 0 Å². The molecule has 1 N–H and O–H groups in total. The second kappa shape index (κ2) is 8.51. The van der Waals surface area contributed by atoms with Gasteiger partial charge in [0.1, 0.15) is 0 Å². The van der Waals surface area contributed by atoms with Crippen molar-refractivity contribution in [1.29, 1.82) is 0 Å². The van der Waals surface area contributed by atoms with E-state index < -0.39 is 16.8 Å². The molecule has 1 fully saturated rings. The Hall–Kier alpha value is -3.75. The number of ether oxygens (including phenoxy) is 1. The average molecular weight is 397 g/mol. The molecule has 9 heteroatoms. The summed E-state index contributed by atoms with van der Waals surface area (Å²) in [6.07, 6.45) is 0.00936. The van der Waals surface area contributed by atoms with Crippen molar-refractivity contribution in [3.05, 3.63) is 64.2 Å². The summed E-state index contributed by atoms with van der Waals surface area (Å²) in [5.74, 6) is -1.65. The summed E-state index contributed by atoms with van der Waals surface area (Å²) in [7, 11) is 0. The van der Waals surface area contributed by atoms with Crippen molar-refractivity contribution in [3.63, 3.8) is 0 Å². The summed E-state index contributed by atoms with van der Waals surface area (Å²) in [5, 5.41) is 13.7. The van der Waals surface area contributed by atoms with Gasteiger partial charge in [0.05, 0.1) is 28.7 Å². The van der Waals surface area contributed by atoms with Crippen molar-refractivity contribution in [2.24, 2.45) is 5.92 Å². The predicted octanol–water partition coefficient (Wildman–Crippen LogP) is 2.76. The summed E-state index contributed by atoms with van der Waals surface area (Å²) >= 11 is 0. The second-order valence-electron chi connectivity index (χ2n) is 6.47. The average Bonchev–Trinajstić information content (AvgIpc) is 3.10. The number of nitro groups is 1. The number of nitro benzene ring substituents is 1. The Kier molecular flexibility index (Phi) is 5.87. The molecule has 0 saturated carbocycles.